The van der Waals surface area contributed by atoms with Gasteiger partial charge < -0.3 is 20.5 Å². The highest BCUT2D eigenvalue weighted by atomic mass is 127. The molecule has 0 spiro atoms. The van der Waals surface area contributed by atoms with Crippen molar-refractivity contribution in [2.45, 2.75) is 26.3 Å². The summed E-state index contributed by atoms with van der Waals surface area (Å²) in [5, 5.41) is 3.13. The minimum atomic E-state index is 0. The second kappa shape index (κ2) is 10.1. The van der Waals surface area contributed by atoms with E-state index in [0.29, 0.717) is 29.9 Å². The van der Waals surface area contributed by atoms with Crippen LogP contribution < -0.4 is 20.5 Å². The van der Waals surface area contributed by atoms with Crippen LogP contribution in [0.3, 0.4) is 0 Å². The molecule has 0 aliphatic carbocycles. The highest BCUT2D eigenvalue weighted by molar-refractivity contribution is 14.0. The molecule has 0 radical (unpaired) electrons. The Bertz CT molecular complexity index is 718. The normalized spacial score (nSPS) is 11.0. The molecule has 136 valence electrons. The predicted octanol–water partition coefficient (Wildman–Crippen LogP) is 4.37. The first-order valence-corrected chi connectivity index (χ1v) is 7.92. The first-order valence-electron chi connectivity index (χ1n) is 7.92. The van der Waals surface area contributed by atoms with Gasteiger partial charge in [-0.25, -0.2) is 4.99 Å². The maximum atomic E-state index is 6.01. The van der Waals surface area contributed by atoms with Crippen molar-refractivity contribution in [2.24, 2.45) is 10.7 Å². The zero-order valence-corrected chi connectivity index (χ0v) is 17.4. The van der Waals surface area contributed by atoms with Crippen molar-refractivity contribution in [3.63, 3.8) is 0 Å². The van der Waals surface area contributed by atoms with Crippen molar-refractivity contribution in [2.75, 3.05) is 19.5 Å². The summed E-state index contributed by atoms with van der Waals surface area (Å²) in [6.45, 7) is 4.72. The van der Waals surface area contributed by atoms with Crippen molar-refractivity contribution >= 4 is 35.6 Å². The van der Waals surface area contributed by atoms with Crippen LogP contribution in [0.4, 0.5) is 5.69 Å². The van der Waals surface area contributed by atoms with Crippen molar-refractivity contribution in [3.05, 3.63) is 53.6 Å². The quantitative estimate of drug-likeness (QED) is 0.386. The zero-order chi connectivity index (χ0) is 17.5. The van der Waals surface area contributed by atoms with Gasteiger partial charge in [-0.1, -0.05) is 38.1 Å². The molecule has 0 saturated heterocycles. The molecule has 0 amide bonds. The topological polar surface area (TPSA) is 68.9 Å². The van der Waals surface area contributed by atoms with Gasteiger partial charge in [0.2, 0.25) is 0 Å². The van der Waals surface area contributed by atoms with Gasteiger partial charge in [0, 0.05) is 11.3 Å². The minimum Gasteiger partial charge on any atom is -0.493 e. The average Bonchev–Trinajstić information content (AvgIpc) is 2.59. The van der Waals surface area contributed by atoms with Crippen molar-refractivity contribution in [1.29, 1.82) is 0 Å². The van der Waals surface area contributed by atoms with Crippen LogP contribution >= 0.6 is 24.0 Å². The van der Waals surface area contributed by atoms with Gasteiger partial charge in [0.1, 0.15) is 0 Å². The summed E-state index contributed by atoms with van der Waals surface area (Å²) in [4.78, 5) is 4.40. The number of methoxy groups -OCH3 is 2. The number of rotatable bonds is 6. The summed E-state index contributed by atoms with van der Waals surface area (Å²) in [5.74, 6) is 2.19. The summed E-state index contributed by atoms with van der Waals surface area (Å²) < 4.78 is 10.7. The maximum absolute atomic E-state index is 6.01. The molecule has 0 unspecified atom stereocenters. The third-order valence-electron chi connectivity index (χ3n) is 3.73. The zero-order valence-electron chi connectivity index (χ0n) is 15.1. The van der Waals surface area contributed by atoms with E-state index in [2.05, 4.69) is 36.3 Å². The lowest BCUT2D eigenvalue weighted by Gasteiger charge is -2.12. The minimum absolute atomic E-state index is 0. The maximum Gasteiger partial charge on any atom is 0.193 e. The molecule has 2 aromatic rings. The first kappa shape index (κ1) is 21.1. The van der Waals surface area contributed by atoms with Crippen LogP contribution in [-0.4, -0.2) is 20.2 Å². The lowest BCUT2D eigenvalue weighted by Crippen LogP contribution is -2.22. The fourth-order valence-electron chi connectivity index (χ4n) is 2.41. The van der Waals surface area contributed by atoms with Crippen LogP contribution in [0, 0.1) is 0 Å². The summed E-state index contributed by atoms with van der Waals surface area (Å²) >= 11 is 0. The van der Waals surface area contributed by atoms with Gasteiger partial charge in [-0.2, -0.15) is 0 Å². The molecule has 0 aliphatic heterocycles. The van der Waals surface area contributed by atoms with Crippen molar-refractivity contribution in [3.8, 4) is 11.5 Å². The number of anilines is 1. The third-order valence-corrected chi connectivity index (χ3v) is 3.73. The van der Waals surface area contributed by atoms with E-state index in [1.54, 1.807) is 14.2 Å². The molecule has 2 aromatic carbocycles. The highest BCUT2D eigenvalue weighted by Crippen LogP contribution is 2.31. The first-order chi connectivity index (χ1) is 11.5. The molecule has 5 nitrogen and oxygen atoms in total. The summed E-state index contributed by atoms with van der Waals surface area (Å²) in [5.41, 5.74) is 9.11. The molecule has 2 rings (SSSR count). The van der Waals surface area contributed by atoms with Crippen LogP contribution in [0.15, 0.2) is 47.5 Å². The van der Waals surface area contributed by atoms with E-state index in [-0.39, 0.29) is 24.0 Å². The van der Waals surface area contributed by atoms with Gasteiger partial charge in [0.15, 0.2) is 17.5 Å². The van der Waals surface area contributed by atoms with E-state index in [0.717, 1.165) is 11.3 Å². The van der Waals surface area contributed by atoms with Crippen LogP contribution in [0.2, 0.25) is 0 Å². The smallest absolute Gasteiger partial charge is 0.193 e. The van der Waals surface area contributed by atoms with Crippen LogP contribution in [-0.2, 0) is 6.54 Å². The molecule has 0 fully saturated rings. The number of guanidine groups is 1. The van der Waals surface area contributed by atoms with Gasteiger partial charge in [0.25, 0.3) is 0 Å². The highest BCUT2D eigenvalue weighted by Gasteiger charge is 2.09. The van der Waals surface area contributed by atoms with Gasteiger partial charge >= 0.3 is 0 Å². The standard InChI is InChI=1S/C19H25N3O2.HI/c1-13(2)14-7-5-9-16(11-14)22-19(20)21-12-15-8-6-10-17(23-3)18(15)24-4;/h5-11,13H,12H2,1-4H3,(H3,20,21,22);1H. The number of nitrogens with one attached hydrogen (secondary N) is 1. The van der Waals surface area contributed by atoms with Crippen molar-refractivity contribution < 1.29 is 9.47 Å². The Balaban J connectivity index is 0.00000312. The van der Waals surface area contributed by atoms with E-state index in [1.165, 1.54) is 5.56 Å². The van der Waals surface area contributed by atoms with Crippen LogP contribution in [0.25, 0.3) is 0 Å². The number of nitrogens with zero attached hydrogens (tertiary/aromatic N) is 1. The predicted molar refractivity (Wildman–Crippen MR) is 114 cm³/mol. The molecule has 25 heavy (non-hydrogen) atoms. The SMILES string of the molecule is COc1cccc(CN=C(N)Nc2cccc(C(C)C)c2)c1OC.I. The Labute approximate surface area is 166 Å². The van der Waals surface area contributed by atoms with E-state index < -0.39 is 0 Å². The lowest BCUT2D eigenvalue weighted by molar-refractivity contribution is 0.352. The molecule has 0 saturated carbocycles. The molecule has 0 atom stereocenters. The van der Waals surface area contributed by atoms with Gasteiger partial charge in [-0.05, 0) is 29.7 Å². The number of para-hydroxylation sites is 1. The van der Waals surface area contributed by atoms with Gasteiger partial charge in [-0.3, -0.25) is 0 Å². The van der Waals surface area contributed by atoms with Gasteiger partial charge in [0.05, 0.1) is 20.8 Å². The number of ether oxygens (including phenoxy) is 2. The second-order valence-corrected chi connectivity index (χ2v) is 5.76. The Hall–Kier alpha value is -1.96. The Morgan fingerprint density at radius 3 is 2.48 bits per heavy atom. The number of hydrogen-bond acceptors (Lipinski definition) is 3. The molecule has 3 N–H and O–H groups in total. The molecule has 0 aliphatic rings. The van der Waals surface area contributed by atoms with E-state index in [4.69, 9.17) is 15.2 Å². The van der Waals surface area contributed by atoms with Gasteiger partial charge in [-0.15, -0.1) is 24.0 Å². The molecular formula is C19H26IN3O2. The molecule has 0 aromatic heterocycles. The number of hydrogen-bond donors (Lipinski definition) is 2. The number of aliphatic imine (C=N–C) groups is 1. The number of halogens is 1. The van der Waals surface area contributed by atoms with Crippen LogP contribution in [0.1, 0.15) is 30.9 Å². The van der Waals surface area contributed by atoms with E-state index in [1.807, 2.05) is 30.3 Å². The van der Waals surface area contributed by atoms with Crippen LogP contribution in [0.5, 0.6) is 11.5 Å². The Morgan fingerprint density at radius 2 is 1.84 bits per heavy atom. The Kier molecular flexibility index (Phi) is 8.54. The molecule has 0 bridgehead atoms. The van der Waals surface area contributed by atoms with Crippen molar-refractivity contribution in [1.82, 2.24) is 0 Å². The summed E-state index contributed by atoms with van der Waals surface area (Å²) in [6, 6.07) is 13.9. The lowest BCUT2D eigenvalue weighted by atomic mass is 10.0. The largest absolute Gasteiger partial charge is 0.493 e. The molecule has 0 heterocycles. The fourth-order valence-corrected chi connectivity index (χ4v) is 2.41. The molecular weight excluding hydrogens is 429 g/mol. The number of benzene rings is 2. The fraction of sp³-hybridized carbons (Fsp3) is 0.316. The average molecular weight is 455 g/mol. The second-order valence-electron chi connectivity index (χ2n) is 5.76. The number of nitrogens with two attached hydrogens (primary N) is 1. The summed E-state index contributed by atoms with van der Waals surface area (Å²) in [7, 11) is 3.23. The monoisotopic (exact) mass is 455 g/mol. The van der Waals surface area contributed by atoms with E-state index in [9.17, 15) is 0 Å². The third kappa shape index (κ3) is 5.81. The summed E-state index contributed by atoms with van der Waals surface area (Å²) in [6.07, 6.45) is 0. The Morgan fingerprint density at radius 1 is 1.12 bits per heavy atom. The molecule has 6 heteroatoms. The van der Waals surface area contributed by atoms with E-state index >= 15 is 0 Å².